The average molecular weight is 208 g/mol. The normalized spacial score (nSPS) is 20.9. The van der Waals surface area contributed by atoms with Gasteiger partial charge in [-0.15, -0.1) is 0 Å². The second-order valence-corrected chi connectivity index (χ2v) is 5.20. The summed E-state index contributed by atoms with van der Waals surface area (Å²) in [5.41, 5.74) is -0.00322. The van der Waals surface area contributed by atoms with E-state index >= 15 is 0 Å². The lowest BCUT2D eigenvalue weighted by atomic mass is 9.96. The molecule has 0 bridgehead atoms. The first-order valence-corrected chi connectivity index (χ1v) is 5.57. The van der Waals surface area contributed by atoms with E-state index in [9.17, 15) is 4.79 Å². The van der Waals surface area contributed by atoms with Crippen LogP contribution in [0.5, 0.6) is 0 Å². The van der Waals surface area contributed by atoms with Gasteiger partial charge in [-0.1, -0.05) is 11.8 Å². The van der Waals surface area contributed by atoms with Gasteiger partial charge in [0.2, 0.25) is 0 Å². The minimum absolute atomic E-state index is 0.00322. The van der Waals surface area contributed by atoms with Crippen molar-refractivity contribution in [3.63, 3.8) is 0 Å². The molecule has 1 saturated heterocycles. The van der Waals surface area contributed by atoms with Crippen molar-refractivity contribution in [2.24, 2.45) is 11.3 Å². The summed E-state index contributed by atoms with van der Waals surface area (Å²) in [4.78, 5) is 11.5. The summed E-state index contributed by atoms with van der Waals surface area (Å²) < 4.78 is 5.23. The molecule has 1 aliphatic rings. The SMILES string of the molecule is CC(C)(C)C#CCC(=O)CC1CCOC1. The molecule has 1 heterocycles. The molecule has 0 saturated carbocycles. The Bertz CT molecular complexity index is 269. The van der Waals surface area contributed by atoms with Crippen LogP contribution in [0.4, 0.5) is 0 Å². The highest BCUT2D eigenvalue weighted by molar-refractivity contribution is 5.81. The maximum atomic E-state index is 11.5. The lowest BCUT2D eigenvalue weighted by Gasteiger charge is -2.07. The number of carbonyl (C=O) groups excluding carboxylic acids is 1. The van der Waals surface area contributed by atoms with Crippen molar-refractivity contribution >= 4 is 5.78 Å². The van der Waals surface area contributed by atoms with Gasteiger partial charge in [0.1, 0.15) is 5.78 Å². The number of carbonyl (C=O) groups is 1. The van der Waals surface area contributed by atoms with Crippen molar-refractivity contribution in [3.8, 4) is 11.8 Å². The van der Waals surface area contributed by atoms with Gasteiger partial charge in [-0.05, 0) is 33.1 Å². The molecule has 2 nitrogen and oxygen atoms in total. The van der Waals surface area contributed by atoms with Crippen LogP contribution < -0.4 is 0 Å². The van der Waals surface area contributed by atoms with Crippen LogP contribution in [0.1, 0.15) is 40.0 Å². The van der Waals surface area contributed by atoms with Crippen LogP contribution in [0, 0.1) is 23.2 Å². The molecule has 1 fully saturated rings. The highest BCUT2D eigenvalue weighted by atomic mass is 16.5. The third kappa shape index (κ3) is 5.59. The summed E-state index contributed by atoms with van der Waals surface area (Å²) >= 11 is 0. The summed E-state index contributed by atoms with van der Waals surface area (Å²) in [6.07, 6.45) is 2.06. The fourth-order valence-electron chi connectivity index (χ4n) is 1.55. The monoisotopic (exact) mass is 208 g/mol. The van der Waals surface area contributed by atoms with E-state index < -0.39 is 0 Å². The average Bonchev–Trinajstić information content (AvgIpc) is 2.54. The van der Waals surface area contributed by atoms with E-state index in [0.29, 0.717) is 18.8 Å². The molecule has 1 rings (SSSR count). The van der Waals surface area contributed by atoms with Gasteiger partial charge in [0.05, 0.1) is 6.42 Å². The lowest BCUT2D eigenvalue weighted by Crippen LogP contribution is -2.08. The van der Waals surface area contributed by atoms with Crippen LogP contribution in [-0.4, -0.2) is 19.0 Å². The van der Waals surface area contributed by atoms with Crippen LogP contribution in [0.25, 0.3) is 0 Å². The van der Waals surface area contributed by atoms with Crippen LogP contribution in [0.15, 0.2) is 0 Å². The molecule has 0 aromatic heterocycles. The summed E-state index contributed by atoms with van der Waals surface area (Å²) in [7, 11) is 0. The van der Waals surface area contributed by atoms with E-state index in [1.807, 2.05) is 0 Å². The molecular weight excluding hydrogens is 188 g/mol. The van der Waals surface area contributed by atoms with Gasteiger partial charge in [0.25, 0.3) is 0 Å². The second kappa shape index (κ2) is 5.32. The summed E-state index contributed by atoms with van der Waals surface area (Å²) in [5.74, 6) is 6.73. The fourth-order valence-corrected chi connectivity index (χ4v) is 1.55. The Kier molecular flexibility index (Phi) is 4.35. The van der Waals surface area contributed by atoms with E-state index in [2.05, 4.69) is 32.6 Å². The van der Waals surface area contributed by atoms with Crippen LogP contribution in [0.2, 0.25) is 0 Å². The first kappa shape index (κ1) is 12.3. The zero-order valence-electron chi connectivity index (χ0n) is 9.93. The highest BCUT2D eigenvalue weighted by Crippen LogP contribution is 2.17. The van der Waals surface area contributed by atoms with E-state index in [1.165, 1.54) is 0 Å². The fraction of sp³-hybridized carbons (Fsp3) is 0.769. The third-order valence-corrected chi connectivity index (χ3v) is 2.29. The highest BCUT2D eigenvalue weighted by Gasteiger charge is 2.18. The molecule has 0 aromatic carbocycles. The molecular formula is C13H20O2. The van der Waals surface area contributed by atoms with Crippen molar-refractivity contribution < 1.29 is 9.53 Å². The Labute approximate surface area is 92.4 Å². The predicted molar refractivity (Wildman–Crippen MR) is 60.4 cm³/mol. The molecule has 2 heteroatoms. The minimum atomic E-state index is -0.00322. The van der Waals surface area contributed by atoms with Crippen molar-refractivity contribution in [3.05, 3.63) is 0 Å². The Balaban J connectivity index is 2.26. The van der Waals surface area contributed by atoms with Crippen molar-refractivity contribution in [1.29, 1.82) is 0 Å². The van der Waals surface area contributed by atoms with Gasteiger partial charge < -0.3 is 4.74 Å². The topological polar surface area (TPSA) is 26.3 Å². The summed E-state index contributed by atoms with van der Waals surface area (Å²) in [6, 6.07) is 0. The van der Waals surface area contributed by atoms with Crippen molar-refractivity contribution in [1.82, 2.24) is 0 Å². The Hall–Kier alpha value is -0.810. The molecule has 1 unspecified atom stereocenters. The molecule has 0 N–H and O–H groups in total. The quantitative estimate of drug-likeness (QED) is 0.666. The Morgan fingerprint density at radius 1 is 1.47 bits per heavy atom. The number of rotatable bonds is 3. The number of ether oxygens (including phenoxy) is 1. The van der Waals surface area contributed by atoms with Gasteiger partial charge in [-0.3, -0.25) is 4.79 Å². The standard InChI is InChI=1S/C13H20O2/c1-13(2,3)7-4-5-12(14)9-11-6-8-15-10-11/h11H,5-6,8-10H2,1-3H3. The maximum absolute atomic E-state index is 11.5. The Morgan fingerprint density at radius 3 is 2.73 bits per heavy atom. The predicted octanol–water partition coefficient (Wildman–Crippen LogP) is 2.42. The summed E-state index contributed by atoms with van der Waals surface area (Å²) in [6.45, 7) is 7.71. The van der Waals surface area contributed by atoms with Crippen LogP contribution in [-0.2, 0) is 9.53 Å². The van der Waals surface area contributed by atoms with Gasteiger partial charge in [0.15, 0.2) is 0 Å². The van der Waals surface area contributed by atoms with Gasteiger partial charge in [-0.2, -0.15) is 0 Å². The third-order valence-electron chi connectivity index (χ3n) is 2.29. The smallest absolute Gasteiger partial charge is 0.145 e. The maximum Gasteiger partial charge on any atom is 0.145 e. The molecule has 0 amide bonds. The minimum Gasteiger partial charge on any atom is -0.381 e. The molecule has 0 spiro atoms. The van der Waals surface area contributed by atoms with Gasteiger partial charge in [-0.25, -0.2) is 0 Å². The van der Waals surface area contributed by atoms with Crippen LogP contribution in [0.3, 0.4) is 0 Å². The van der Waals surface area contributed by atoms with Gasteiger partial charge in [0, 0.05) is 25.0 Å². The van der Waals surface area contributed by atoms with E-state index in [4.69, 9.17) is 4.74 Å². The molecule has 0 radical (unpaired) electrons. The van der Waals surface area contributed by atoms with E-state index in [0.717, 1.165) is 19.6 Å². The zero-order valence-corrected chi connectivity index (χ0v) is 9.93. The second-order valence-electron chi connectivity index (χ2n) is 5.20. The first-order chi connectivity index (χ1) is 6.97. The first-order valence-electron chi connectivity index (χ1n) is 5.57. The van der Waals surface area contributed by atoms with Crippen molar-refractivity contribution in [2.75, 3.05) is 13.2 Å². The van der Waals surface area contributed by atoms with E-state index in [1.54, 1.807) is 0 Å². The number of Topliss-reactive ketones (excluding diaryl/α,β-unsaturated/α-hetero) is 1. The van der Waals surface area contributed by atoms with Gasteiger partial charge >= 0.3 is 0 Å². The molecule has 0 aliphatic carbocycles. The molecule has 0 aromatic rings. The number of ketones is 1. The van der Waals surface area contributed by atoms with Crippen LogP contribution >= 0.6 is 0 Å². The lowest BCUT2D eigenvalue weighted by molar-refractivity contribution is -0.119. The largest absolute Gasteiger partial charge is 0.381 e. The molecule has 15 heavy (non-hydrogen) atoms. The van der Waals surface area contributed by atoms with Crippen molar-refractivity contribution in [2.45, 2.75) is 40.0 Å². The number of hydrogen-bond donors (Lipinski definition) is 0. The molecule has 84 valence electrons. The molecule has 1 aliphatic heterocycles. The van der Waals surface area contributed by atoms with E-state index in [-0.39, 0.29) is 11.2 Å². The number of hydrogen-bond acceptors (Lipinski definition) is 2. The molecule has 1 atom stereocenters. The zero-order chi connectivity index (χ0) is 11.3. The Morgan fingerprint density at radius 2 is 2.20 bits per heavy atom. The summed E-state index contributed by atoms with van der Waals surface area (Å²) in [5, 5.41) is 0.